The summed E-state index contributed by atoms with van der Waals surface area (Å²) in [4.78, 5) is 23.0. The van der Waals surface area contributed by atoms with Gasteiger partial charge < -0.3 is 4.74 Å². The van der Waals surface area contributed by atoms with Crippen LogP contribution in [0.3, 0.4) is 0 Å². The van der Waals surface area contributed by atoms with Crippen LogP contribution in [0.5, 0.6) is 0 Å². The van der Waals surface area contributed by atoms with E-state index in [4.69, 9.17) is 27.9 Å². The first-order valence-electron chi connectivity index (χ1n) is 10.8. The smallest absolute Gasteiger partial charge is 0.284 e. The topological polar surface area (TPSA) is 95.5 Å². The summed E-state index contributed by atoms with van der Waals surface area (Å²) in [7, 11) is 0. The fraction of sp³-hybridized carbons (Fsp3) is 0.0769. The zero-order valence-electron chi connectivity index (χ0n) is 18.9. The molecule has 0 amide bonds. The van der Waals surface area contributed by atoms with E-state index < -0.39 is 20.7 Å². The maximum Gasteiger partial charge on any atom is 0.284 e. The minimum atomic E-state index is -0.751. The predicted molar refractivity (Wildman–Crippen MR) is 147 cm³/mol. The van der Waals surface area contributed by atoms with Crippen LogP contribution in [0, 0.1) is 20.2 Å². The van der Waals surface area contributed by atoms with Gasteiger partial charge in [-0.3, -0.25) is 20.2 Å². The van der Waals surface area contributed by atoms with Crippen molar-refractivity contribution in [3.63, 3.8) is 0 Å². The number of hydrogen-bond acceptors (Lipinski definition) is 7. The Bertz CT molecular complexity index is 1300. The first-order chi connectivity index (χ1) is 17.8. The van der Waals surface area contributed by atoms with Crippen LogP contribution in [0.4, 0.5) is 11.4 Å². The Morgan fingerprint density at radius 1 is 0.595 bits per heavy atom. The molecule has 11 heteroatoms. The van der Waals surface area contributed by atoms with Crippen molar-refractivity contribution >= 4 is 58.1 Å². The normalized spacial score (nSPS) is 12.6. The number of halogens is 2. The van der Waals surface area contributed by atoms with Crippen LogP contribution >= 0.6 is 46.7 Å². The van der Waals surface area contributed by atoms with Gasteiger partial charge in [-0.05, 0) is 23.3 Å². The van der Waals surface area contributed by atoms with Crippen molar-refractivity contribution in [3.05, 3.63) is 138 Å². The molecule has 4 aromatic rings. The second-order valence-corrected chi connectivity index (χ2v) is 10.5. The third-order valence-electron chi connectivity index (χ3n) is 5.13. The summed E-state index contributed by atoms with van der Waals surface area (Å²) < 4.78 is 6.57. The number of nitro groups is 2. The lowest BCUT2D eigenvalue weighted by molar-refractivity contribution is -0.387. The molecule has 2 unspecified atom stereocenters. The van der Waals surface area contributed by atoms with Crippen molar-refractivity contribution < 1.29 is 14.6 Å². The van der Waals surface area contributed by atoms with Crippen molar-refractivity contribution in [2.24, 2.45) is 0 Å². The highest BCUT2D eigenvalue weighted by molar-refractivity contribution is 8.00. The Hall–Kier alpha value is -3.08. The summed E-state index contributed by atoms with van der Waals surface area (Å²) >= 11 is 15.0. The van der Waals surface area contributed by atoms with Crippen LogP contribution in [-0.4, -0.2) is 9.85 Å². The summed E-state index contributed by atoms with van der Waals surface area (Å²) in [6.45, 7) is 0. The van der Waals surface area contributed by atoms with Crippen LogP contribution in [0.2, 0.25) is 10.0 Å². The lowest BCUT2D eigenvalue weighted by Gasteiger charge is -2.25. The van der Waals surface area contributed by atoms with Gasteiger partial charge in [-0.1, -0.05) is 120 Å². The molecule has 0 saturated carbocycles. The molecule has 0 saturated heterocycles. The highest BCUT2D eigenvalue weighted by atomic mass is 35.5. The summed E-state index contributed by atoms with van der Waals surface area (Å²) in [5.41, 5.74) is -0.327. The van der Waals surface area contributed by atoms with Crippen molar-refractivity contribution in [1.29, 1.82) is 0 Å². The fourth-order valence-corrected chi connectivity index (χ4v) is 6.32. The van der Waals surface area contributed by atoms with E-state index in [1.807, 2.05) is 60.7 Å². The fourth-order valence-electron chi connectivity index (χ4n) is 3.41. The van der Waals surface area contributed by atoms with Crippen molar-refractivity contribution in [2.75, 3.05) is 0 Å². The minimum absolute atomic E-state index is 0.146. The molecule has 7 nitrogen and oxygen atoms in total. The first-order valence-corrected chi connectivity index (χ1v) is 13.3. The molecule has 0 bridgehead atoms. The van der Waals surface area contributed by atoms with Gasteiger partial charge >= 0.3 is 0 Å². The van der Waals surface area contributed by atoms with E-state index in [9.17, 15) is 20.2 Å². The summed E-state index contributed by atoms with van der Waals surface area (Å²) in [5, 5.41) is 23.9. The molecule has 4 aromatic carbocycles. The zero-order chi connectivity index (χ0) is 26.4. The molecule has 0 N–H and O–H groups in total. The molecular formula is C26H18Cl2N2O5S2. The molecule has 0 aliphatic rings. The second-order valence-electron chi connectivity index (χ2n) is 7.55. The van der Waals surface area contributed by atoms with E-state index in [-0.39, 0.29) is 31.2 Å². The quantitative estimate of drug-likeness (QED) is 0.0808. The number of ether oxygens (including phenoxy) is 1. The van der Waals surface area contributed by atoms with Crippen LogP contribution in [-0.2, 0) is 4.74 Å². The monoisotopic (exact) mass is 572 g/mol. The minimum Gasteiger partial charge on any atom is -0.343 e. The lowest BCUT2D eigenvalue weighted by atomic mass is 10.2. The molecule has 0 radical (unpaired) electrons. The molecule has 0 heterocycles. The van der Waals surface area contributed by atoms with E-state index in [2.05, 4.69) is 0 Å². The average Bonchev–Trinajstić information content (AvgIpc) is 2.90. The Morgan fingerprint density at radius 2 is 0.973 bits per heavy atom. The van der Waals surface area contributed by atoms with Gasteiger partial charge in [0, 0.05) is 12.1 Å². The van der Waals surface area contributed by atoms with Gasteiger partial charge in [-0.15, -0.1) is 0 Å². The van der Waals surface area contributed by atoms with Gasteiger partial charge in [0.05, 0.1) is 19.9 Å². The number of thioether (sulfide) groups is 2. The zero-order valence-corrected chi connectivity index (χ0v) is 22.0. The maximum absolute atomic E-state index is 11.7. The standard InChI is InChI=1S/C26H18Cl2N2O5S2/c27-19-13-7-15-21(29(31)32)23(19)36-25(17-9-3-1-4-10-17)35-26(18-11-5-2-6-12-18)37-24-20(28)14-8-16-22(24)30(33)34/h1-16,25-26H. The summed E-state index contributed by atoms with van der Waals surface area (Å²) in [6, 6.07) is 27.3. The third kappa shape index (κ3) is 6.63. The van der Waals surface area contributed by atoms with E-state index >= 15 is 0 Å². The van der Waals surface area contributed by atoms with Gasteiger partial charge in [-0.25, -0.2) is 0 Å². The van der Waals surface area contributed by atoms with Crippen LogP contribution in [0.1, 0.15) is 22.0 Å². The molecule has 0 aliphatic heterocycles. The summed E-state index contributed by atoms with van der Waals surface area (Å²) in [5.74, 6) is 0. The lowest BCUT2D eigenvalue weighted by Crippen LogP contribution is -2.07. The number of rotatable bonds is 10. The number of nitro benzene ring substituents is 2. The third-order valence-corrected chi connectivity index (χ3v) is 8.50. The van der Waals surface area contributed by atoms with E-state index in [0.717, 1.165) is 34.7 Å². The van der Waals surface area contributed by atoms with Crippen molar-refractivity contribution in [1.82, 2.24) is 0 Å². The van der Waals surface area contributed by atoms with Gasteiger partial charge in [0.1, 0.15) is 20.7 Å². The molecule has 2 atom stereocenters. The predicted octanol–water partition coefficient (Wildman–Crippen LogP) is 9.11. The molecule has 0 aliphatic carbocycles. The van der Waals surface area contributed by atoms with Crippen LogP contribution in [0.15, 0.2) is 107 Å². The first kappa shape index (κ1) is 27.0. The maximum atomic E-state index is 11.7. The molecule has 0 fully saturated rings. The van der Waals surface area contributed by atoms with Crippen molar-refractivity contribution in [3.8, 4) is 0 Å². The van der Waals surface area contributed by atoms with Gasteiger partial charge in [0.2, 0.25) is 0 Å². The van der Waals surface area contributed by atoms with Gasteiger partial charge in [-0.2, -0.15) is 0 Å². The van der Waals surface area contributed by atoms with E-state index in [0.29, 0.717) is 0 Å². The Balaban J connectivity index is 1.78. The van der Waals surface area contributed by atoms with Gasteiger partial charge in [0.15, 0.2) is 0 Å². The average molecular weight is 573 g/mol. The molecule has 37 heavy (non-hydrogen) atoms. The molecular weight excluding hydrogens is 555 g/mol. The number of nitrogens with zero attached hydrogens (tertiary/aromatic N) is 2. The van der Waals surface area contributed by atoms with Gasteiger partial charge in [0.25, 0.3) is 11.4 Å². The Kier molecular flexibility index (Phi) is 9.07. The number of benzene rings is 4. The van der Waals surface area contributed by atoms with Crippen LogP contribution in [0.25, 0.3) is 0 Å². The Labute approximate surface area is 231 Å². The molecule has 0 spiro atoms. The highest BCUT2D eigenvalue weighted by Crippen LogP contribution is 2.50. The highest BCUT2D eigenvalue weighted by Gasteiger charge is 2.29. The van der Waals surface area contributed by atoms with E-state index in [1.54, 1.807) is 12.1 Å². The molecule has 188 valence electrons. The molecule has 4 rings (SSSR count). The largest absolute Gasteiger partial charge is 0.343 e. The summed E-state index contributed by atoms with van der Waals surface area (Å²) in [6.07, 6.45) is 0. The molecule has 0 aromatic heterocycles. The number of hydrogen-bond donors (Lipinski definition) is 0. The SMILES string of the molecule is O=[N+]([O-])c1cccc(Cl)c1SC(OC(Sc1c(Cl)cccc1[N+](=O)[O-])c1ccccc1)c1ccccc1. The van der Waals surface area contributed by atoms with E-state index in [1.165, 1.54) is 24.3 Å². The van der Waals surface area contributed by atoms with Crippen LogP contribution < -0.4 is 0 Å². The van der Waals surface area contributed by atoms with Crippen molar-refractivity contribution in [2.45, 2.75) is 20.7 Å². The second kappa shape index (κ2) is 12.4. The Morgan fingerprint density at radius 3 is 1.32 bits per heavy atom.